The number of methoxy groups -OCH3 is 1. The molecule has 28 heavy (non-hydrogen) atoms. The molecular formula is C22H26N2O4. The summed E-state index contributed by atoms with van der Waals surface area (Å²) in [5.74, 6) is 1.91. The van der Waals surface area contributed by atoms with Crippen LogP contribution >= 0.6 is 0 Å². The van der Waals surface area contributed by atoms with Crippen LogP contribution in [-0.4, -0.2) is 37.8 Å². The lowest BCUT2D eigenvalue weighted by molar-refractivity contribution is 0.0953. The van der Waals surface area contributed by atoms with Gasteiger partial charge in [-0.05, 0) is 62.2 Å². The summed E-state index contributed by atoms with van der Waals surface area (Å²) in [6, 6.07) is 11.2. The van der Waals surface area contributed by atoms with Crippen LogP contribution in [0.3, 0.4) is 0 Å². The third-order valence-corrected chi connectivity index (χ3v) is 4.46. The van der Waals surface area contributed by atoms with E-state index in [1.54, 1.807) is 25.3 Å². The number of nitrogens with one attached hydrogen (secondary N) is 2. The highest BCUT2D eigenvalue weighted by atomic mass is 16.5. The summed E-state index contributed by atoms with van der Waals surface area (Å²) in [6.07, 6.45) is 2.69. The molecule has 1 heterocycles. The summed E-state index contributed by atoms with van der Waals surface area (Å²) in [5.41, 5.74) is 2.73. The number of aromatic amines is 1. The van der Waals surface area contributed by atoms with Crippen LogP contribution in [0.25, 0.3) is 10.9 Å². The van der Waals surface area contributed by atoms with Crippen molar-refractivity contribution >= 4 is 16.8 Å². The van der Waals surface area contributed by atoms with Gasteiger partial charge in [0, 0.05) is 29.2 Å². The standard InChI is InChI=1S/C22H26N2O4/c1-4-27-20-9-6-15(12-21(20)28-5-2)22(25)23-11-10-16-14-24-19-8-7-17(26-3)13-18(16)19/h6-9,12-14,24H,4-5,10-11H2,1-3H3,(H,23,25). The number of hydrogen-bond acceptors (Lipinski definition) is 4. The Morgan fingerprint density at radius 2 is 1.82 bits per heavy atom. The third kappa shape index (κ3) is 4.39. The van der Waals surface area contributed by atoms with Crippen LogP contribution in [0.4, 0.5) is 0 Å². The van der Waals surface area contributed by atoms with Gasteiger partial charge in [-0.15, -0.1) is 0 Å². The number of carbonyl (C=O) groups excluding carboxylic acids is 1. The average molecular weight is 382 g/mol. The molecule has 0 saturated carbocycles. The van der Waals surface area contributed by atoms with Crippen LogP contribution in [0.5, 0.6) is 17.2 Å². The molecule has 0 saturated heterocycles. The van der Waals surface area contributed by atoms with Gasteiger partial charge in [-0.25, -0.2) is 0 Å². The number of H-pyrrole nitrogens is 1. The first-order valence-electron chi connectivity index (χ1n) is 9.48. The molecule has 1 aromatic heterocycles. The maximum Gasteiger partial charge on any atom is 0.251 e. The van der Waals surface area contributed by atoms with Crippen LogP contribution in [-0.2, 0) is 6.42 Å². The molecule has 0 radical (unpaired) electrons. The number of rotatable bonds is 9. The molecule has 0 aliphatic heterocycles. The van der Waals surface area contributed by atoms with E-state index >= 15 is 0 Å². The first-order chi connectivity index (χ1) is 13.7. The predicted molar refractivity (Wildman–Crippen MR) is 110 cm³/mol. The van der Waals surface area contributed by atoms with Gasteiger partial charge in [0.25, 0.3) is 5.91 Å². The molecule has 6 heteroatoms. The molecule has 0 fully saturated rings. The number of fused-ring (bicyclic) bond motifs is 1. The molecule has 148 valence electrons. The van der Waals surface area contributed by atoms with Crippen LogP contribution in [0.2, 0.25) is 0 Å². The van der Waals surface area contributed by atoms with Gasteiger partial charge in [-0.2, -0.15) is 0 Å². The van der Waals surface area contributed by atoms with Gasteiger partial charge in [-0.3, -0.25) is 4.79 Å². The van der Waals surface area contributed by atoms with E-state index in [9.17, 15) is 4.79 Å². The van der Waals surface area contributed by atoms with Gasteiger partial charge < -0.3 is 24.5 Å². The SMILES string of the molecule is CCOc1ccc(C(=O)NCCc2c[nH]c3ccc(OC)cc23)cc1OCC. The van der Waals surface area contributed by atoms with Crippen LogP contribution in [0.1, 0.15) is 29.8 Å². The van der Waals surface area contributed by atoms with Gasteiger partial charge in [0.15, 0.2) is 11.5 Å². The summed E-state index contributed by atoms with van der Waals surface area (Å²) >= 11 is 0. The fraction of sp³-hybridized carbons (Fsp3) is 0.318. The zero-order valence-corrected chi connectivity index (χ0v) is 16.5. The number of ether oxygens (including phenoxy) is 3. The summed E-state index contributed by atoms with van der Waals surface area (Å²) in [7, 11) is 1.65. The molecule has 2 N–H and O–H groups in total. The topological polar surface area (TPSA) is 72.6 Å². The Labute approximate surface area is 164 Å². The van der Waals surface area contributed by atoms with Crippen molar-refractivity contribution in [2.45, 2.75) is 20.3 Å². The smallest absolute Gasteiger partial charge is 0.251 e. The van der Waals surface area contributed by atoms with Gasteiger partial charge in [-0.1, -0.05) is 0 Å². The number of amides is 1. The lowest BCUT2D eigenvalue weighted by Gasteiger charge is -2.12. The summed E-state index contributed by atoms with van der Waals surface area (Å²) in [6.45, 7) is 5.39. The van der Waals surface area contributed by atoms with E-state index in [0.29, 0.717) is 43.2 Å². The Balaban J connectivity index is 1.65. The maximum absolute atomic E-state index is 12.5. The second-order valence-electron chi connectivity index (χ2n) is 6.26. The molecule has 3 rings (SSSR count). The molecule has 6 nitrogen and oxygen atoms in total. The van der Waals surface area contributed by atoms with Crippen molar-refractivity contribution in [1.82, 2.24) is 10.3 Å². The van der Waals surface area contributed by atoms with Gasteiger partial charge in [0.2, 0.25) is 0 Å². The lowest BCUT2D eigenvalue weighted by Crippen LogP contribution is -2.25. The monoisotopic (exact) mass is 382 g/mol. The van der Waals surface area contributed by atoms with Crippen LogP contribution in [0, 0.1) is 0 Å². The Morgan fingerprint density at radius 3 is 2.57 bits per heavy atom. The first kappa shape index (κ1) is 19.6. The Morgan fingerprint density at radius 1 is 1.04 bits per heavy atom. The van der Waals surface area contributed by atoms with E-state index < -0.39 is 0 Å². The molecule has 0 aliphatic carbocycles. The van der Waals surface area contributed by atoms with Crippen molar-refractivity contribution in [3.63, 3.8) is 0 Å². The van der Waals surface area contributed by atoms with Crippen molar-refractivity contribution in [3.05, 3.63) is 53.7 Å². The second-order valence-corrected chi connectivity index (χ2v) is 6.26. The predicted octanol–water partition coefficient (Wildman–Crippen LogP) is 3.95. The number of carbonyl (C=O) groups is 1. The van der Waals surface area contributed by atoms with E-state index in [4.69, 9.17) is 14.2 Å². The van der Waals surface area contributed by atoms with E-state index in [0.717, 1.165) is 22.2 Å². The highest BCUT2D eigenvalue weighted by Gasteiger charge is 2.12. The van der Waals surface area contributed by atoms with E-state index in [2.05, 4.69) is 10.3 Å². The molecular weight excluding hydrogens is 356 g/mol. The van der Waals surface area contributed by atoms with Crippen LogP contribution in [0.15, 0.2) is 42.6 Å². The molecule has 0 aliphatic rings. The van der Waals surface area contributed by atoms with E-state index in [-0.39, 0.29) is 5.91 Å². The Bertz CT molecular complexity index is 949. The number of hydrogen-bond donors (Lipinski definition) is 2. The van der Waals surface area contributed by atoms with Crippen molar-refractivity contribution in [1.29, 1.82) is 0 Å². The van der Waals surface area contributed by atoms with Crippen molar-refractivity contribution in [2.24, 2.45) is 0 Å². The maximum atomic E-state index is 12.5. The minimum Gasteiger partial charge on any atom is -0.497 e. The molecule has 0 spiro atoms. The largest absolute Gasteiger partial charge is 0.497 e. The second kappa shape index (κ2) is 9.17. The fourth-order valence-corrected chi connectivity index (χ4v) is 3.10. The van der Waals surface area contributed by atoms with Crippen molar-refractivity contribution in [2.75, 3.05) is 26.9 Å². The van der Waals surface area contributed by atoms with Gasteiger partial charge in [0.1, 0.15) is 5.75 Å². The molecule has 0 atom stereocenters. The minimum atomic E-state index is -0.138. The summed E-state index contributed by atoms with van der Waals surface area (Å²) in [5, 5.41) is 4.08. The Hall–Kier alpha value is -3.15. The molecule has 0 bridgehead atoms. The molecule has 2 aromatic carbocycles. The quantitative estimate of drug-likeness (QED) is 0.588. The van der Waals surface area contributed by atoms with E-state index in [1.165, 1.54) is 0 Å². The molecule has 3 aromatic rings. The van der Waals surface area contributed by atoms with Crippen molar-refractivity contribution < 1.29 is 19.0 Å². The molecule has 0 unspecified atom stereocenters. The Kier molecular flexibility index (Phi) is 6.42. The normalized spacial score (nSPS) is 10.7. The van der Waals surface area contributed by atoms with E-state index in [1.807, 2.05) is 38.2 Å². The van der Waals surface area contributed by atoms with Crippen LogP contribution < -0.4 is 19.5 Å². The summed E-state index contributed by atoms with van der Waals surface area (Å²) in [4.78, 5) is 15.8. The number of benzene rings is 2. The molecule has 1 amide bonds. The highest BCUT2D eigenvalue weighted by molar-refractivity contribution is 5.95. The average Bonchev–Trinajstić information content (AvgIpc) is 3.11. The first-order valence-corrected chi connectivity index (χ1v) is 9.48. The fourth-order valence-electron chi connectivity index (χ4n) is 3.10. The number of aromatic nitrogens is 1. The third-order valence-electron chi connectivity index (χ3n) is 4.46. The zero-order valence-electron chi connectivity index (χ0n) is 16.5. The lowest BCUT2D eigenvalue weighted by atomic mass is 10.1. The zero-order chi connectivity index (χ0) is 19.9. The summed E-state index contributed by atoms with van der Waals surface area (Å²) < 4.78 is 16.4. The van der Waals surface area contributed by atoms with Gasteiger partial charge >= 0.3 is 0 Å². The van der Waals surface area contributed by atoms with Gasteiger partial charge in [0.05, 0.1) is 20.3 Å². The van der Waals surface area contributed by atoms with Crippen molar-refractivity contribution in [3.8, 4) is 17.2 Å². The minimum absolute atomic E-state index is 0.138. The highest BCUT2D eigenvalue weighted by Crippen LogP contribution is 2.28.